The Labute approximate surface area is 239 Å². The monoisotopic (exact) mass is 567 g/mol. The molecule has 3 N–H and O–H groups in total. The van der Waals surface area contributed by atoms with Gasteiger partial charge in [0.25, 0.3) is 17.7 Å². The summed E-state index contributed by atoms with van der Waals surface area (Å²) in [6.45, 7) is 1.78. The van der Waals surface area contributed by atoms with Gasteiger partial charge in [-0.25, -0.2) is 5.01 Å². The normalized spacial score (nSPS) is 16.0. The molecule has 0 saturated carbocycles. The molecule has 1 aromatic heterocycles. The molecular formula is C31H25N3O4S2. The third-order valence-corrected chi connectivity index (χ3v) is 8.26. The molecule has 7 nitrogen and oxygen atoms in total. The van der Waals surface area contributed by atoms with E-state index >= 15 is 0 Å². The van der Waals surface area contributed by atoms with Gasteiger partial charge < -0.3 is 10.4 Å². The lowest BCUT2D eigenvalue weighted by Gasteiger charge is -2.22. The Morgan fingerprint density at radius 2 is 1.60 bits per heavy atom. The van der Waals surface area contributed by atoms with Crippen LogP contribution in [-0.4, -0.2) is 33.2 Å². The molecule has 1 unspecified atom stereocenters. The number of aryl methyl sites for hydroxylation is 1. The van der Waals surface area contributed by atoms with Crippen LogP contribution in [0.4, 0.5) is 5.00 Å². The standard InChI is InChI=1S/C31H25N3O4S2/c1-20-19-39-30(32-28(36)22-12-6-3-7-13-22)27(20)29(37)33-34-26(17-16-21-10-4-2-5-11-21)40-25(31(34)38)18-23-14-8-9-15-24(23)35/h2-19,26,35H,1H3,(H,32,36)(H,33,37)/b17-16+,25-18+. The molecule has 5 rings (SSSR count). The number of nitrogens with one attached hydrogen (secondary N) is 2. The minimum Gasteiger partial charge on any atom is -0.507 e. The highest BCUT2D eigenvalue weighted by Gasteiger charge is 2.37. The summed E-state index contributed by atoms with van der Waals surface area (Å²) in [5.74, 6) is -1.21. The van der Waals surface area contributed by atoms with Crippen LogP contribution in [-0.2, 0) is 4.79 Å². The van der Waals surface area contributed by atoms with E-state index in [1.54, 1.807) is 66.9 Å². The first-order chi connectivity index (χ1) is 19.4. The van der Waals surface area contributed by atoms with Gasteiger partial charge in [0.1, 0.15) is 16.1 Å². The Morgan fingerprint density at radius 1 is 0.925 bits per heavy atom. The van der Waals surface area contributed by atoms with Crippen molar-refractivity contribution < 1.29 is 19.5 Å². The lowest BCUT2D eigenvalue weighted by molar-refractivity contribution is -0.127. The third kappa shape index (κ3) is 6.01. The highest BCUT2D eigenvalue weighted by Crippen LogP contribution is 2.38. The molecule has 1 saturated heterocycles. The van der Waals surface area contributed by atoms with Crippen LogP contribution >= 0.6 is 23.1 Å². The Hall–Kier alpha value is -4.60. The molecule has 3 amide bonds. The van der Waals surface area contributed by atoms with Gasteiger partial charge in [-0.15, -0.1) is 11.3 Å². The number of thioether (sulfide) groups is 1. The van der Waals surface area contributed by atoms with E-state index in [-0.39, 0.29) is 17.2 Å². The molecular weight excluding hydrogens is 542 g/mol. The van der Waals surface area contributed by atoms with Crippen molar-refractivity contribution in [1.82, 2.24) is 10.4 Å². The van der Waals surface area contributed by atoms with Gasteiger partial charge in [-0.1, -0.05) is 84.6 Å². The van der Waals surface area contributed by atoms with Crippen molar-refractivity contribution >= 4 is 58.0 Å². The van der Waals surface area contributed by atoms with E-state index in [2.05, 4.69) is 10.7 Å². The molecule has 40 heavy (non-hydrogen) atoms. The summed E-state index contributed by atoms with van der Waals surface area (Å²) >= 11 is 2.51. The van der Waals surface area contributed by atoms with Crippen molar-refractivity contribution in [2.24, 2.45) is 0 Å². The van der Waals surface area contributed by atoms with E-state index in [9.17, 15) is 19.5 Å². The fourth-order valence-electron chi connectivity index (χ4n) is 4.06. The molecule has 2 heterocycles. The van der Waals surface area contributed by atoms with Gasteiger partial charge in [0.15, 0.2) is 0 Å². The topological polar surface area (TPSA) is 98.7 Å². The predicted octanol–water partition coefficient (Wildman–Crippen LogP) is 6.32. The molecule has 1 atom stereocenters. The third-order valence-electron chi connectivity index (χ3n) is 6.10. The number of phenolic OH excluding ortho intramolecular Hbond substituents is 1. The quantitative estimate of drug-likeness (QED) is 0.227. The SMILES string of the molecule is Cc1csc(NC(=O)c2ccccc2)c1C(=O)NN1C(=O)/C(=C\c2ccccc2O)SC1/C=C/c1ccccc1. The van der Waals surface area contributed by atoms with Gasteiger partial charge in [-0.05, 0) is 53.8 Å². The van der Waals surface area contributed by atoms with Gasteiger partial charge >= 0.3 is 0 Å². The Morgan fingerprint density at radius 3 is 2.33 bits per heavy atom. The highest BCUT2D eigenvalue weighted by molar-refractivity contribution is 8.05. The number of thiophene rings is 1. The van der Waals surface area contributed by atoms with Crippen molar-refractivity contribution in [3.8, 4) is 5.75 Å². The molecule has 200 valence electrons. The number of para-hydroxylation sites is 1. The molecule has 1 aliphatic heterocycles. The number of carbonyl (C=O) groups excluding carboxylic acids is 3. The van der Waals surface area contributed by atoms with Crippen LogP contribution in [0.25, 0.3) is 12.2 Å². The number of rotatable bonds is 7. The van der Waals surface area contributed by atoms with E-state index in [1.165, 1.54) is 28.1 Å². The maximum atomic E-state index is 13.6. The van der Waals surface area contributed by atoms with E-state index < -0.39 is 17.2 Å². The summed E-state index contributed by atoms with van der Waals surface area (Å²) in [6.07, 6.45) is 5.33. The maximum absolute atomic E-state index is 13.6. The molecule has 4 aromatic rings. The fraction of sp³-hybridized carbons (Fsp3) is 0.0645. The van der Waals surface area contributed by atoms with E-state index in [4.69, 9.17) is 0 Å². The minimum atomic E-state index is -0.546. The van der Waals surface area contributed by atoms with Gasteiger partial charge in [0.05, 0.1) is 10.5 Å². The summed E-state index contributed by atoms with van der Waals surface area (Å²) in [6, 6.07) is 25.1. The van der Waals surface area contributed by atoms with E-state index in [0.717, 1.165) is 5.56 Å². The molecule has 1 aliphatic rings. The molecule has 1 fully saturated rings. The zero-order valence-electron chi connectivity index (χ0n) is 21.4. The van der Waals surface area contributed by atoms with Crippen LogP contribution in [0, 0.1) is 6.92 Å². The summed E-state index contributed by atoms with van der Waals surface area (Å²) < 4.78 is 0. The van der Waals surface area contributed by atoms with Crippen LogP contribution in [0.5, 0.6) is 5.75 Å². The van der Waals surface area contributed by atoms with Crippen molar-refractivity contribution in [3.05, 3.63) is 129 Å². The number of hydrazine groups is 1. The smallest absolute Gasteiger partial charge is 0.280 e. The summed E-state index contributed by atoms with van der Waals surface area (Å²) in [5, 5.41) is 16.0. The van der Waals surface area contributed by atoms with Gasteiger partial charge in [0, 0.05) is 11.1 Å². The lowest BCUT2D eigenvalue weighted by Crippen LogP contribution is -2.47. The average Bonchev–Trinajstić information content (AvgIpc) is 3.48. The van der Waals surface area contributed by atoms with Crippen molar-refractivity contribution in [3.63, 3.8) is 0 Å². The van der Waals surface area contributed by atoms with Crippen LogP contribution in [0.3, 0.4) is 0 Å². The van der Waals surface area contributed by atoms with E-state index in [1.807, 2.05) is 48.6 Å². The average molecular weight is 568 g/mol. The van der Waals surface area contributed by atoms with Gasteiger partial charge in [-0.2, -0.15) is 0 Å². The summed E-state index contributed by atoms with van der Waals surface area (Å²) in [7, 11) is 0. The molecule has 0 radical (unpaired) electrons. The van der Waals surface area contributed by atoms with Crippen LogP contribution in [0.1, 0.15) is 37.4 Å². The first kappa shape index (κ1) is 27.0. The zero-order valence-corrected chi connectivity index (χ0v) is 23.0. The molecule has 9 heteroatoms. The Kier molecular flexibility index (Phi) is 8.14. The number of hydrogen-bond acceptors (Lipinski definition) is 6. The molecule has 3 aromatic carbocycles. The second-order valence-corrected chi connectivity index (χ2v) is 10.9. The number of hydrogen-bond donors (Lipinski definition) is 3. The maximum Gasteiger partial charge on any atom is 0.280 e. The number of phenols is 1. The largest absolute Gasteiger partial charge is 0.507 e. The molecule has 0 bridgehead atoms. The van der Waals surface area contributed by atoms with E-state index in [0.29, 0.717) is 26.6 Å². The zero-order chi connectivity index (χ0) is 28.1. The van der Waals surface area contributed by atoms with Crippen LogP contribution in [0.2, 0.25) is 0 Å². The first-order valence-corrected chi connectivity index (χ1v) is 14.2. The summed E-state index contributed by atoms with van der Waals surface area (Å²) in [5.41, 5.74) is 5.64. The lowest BCUT2D eigenvalue weighted by atomic mass is 10.1. The van der Waals surface area contributed by atoms with Crippen LogP contribution < -0.4 is 10.7 Å². The van der Waals surface area contributed by atoms with Crippen LogP contribution in [0.15, 0.2) is 101 Å². The van der Waals surface area contributed by atoms with Crippen molar-refractivity contribution in [2.45, 2.75) is 12.3 Å². The number of benzene rings is 3. The number of nitrogens with zero attached hydrogens (tertiary/aromatic N) is 1. The second-order valence-electron chi connectivity index (χ2n) is 8.90. The molecule has 0 aliphatic carbocycles. The van der Waals surface area contributed by atoms with Gasteiger partial charge in [-0.3, -0.25) is 19.8 Å². The fourth-order valence-corrected chi connectivity index (χ4v) is 6.06. The number of amides is 3. The van der Waals surface area contributed by atoms with Crippen molar-refractivity contribution in [2.75, 3.05) is 5.32 Å². The molecule has 0 spiro atoms. The minimum absolute atomic E-state index is 0.0509. The highest BCUT2D eigenvalue weighted by atomic mass is 32.2. The number of carbonyl (C=O) groups is 3. The summed E-state index contributed by atoms with van der Waals surface area (Å²) in [4.78, 5) is 40.2. The van der Waals surface area contributed by atoms with Gasteiger partial charge in [0.2, 0.25) is 0 Å². The number of anilines is 1. The predicted molar refractivity (Wildman–Crippen MR) is 161 cm³/mol. The number of aromatic hydroxyl groups is 1. The second kappa shape index (κ2) is 12.1. The first-order valence-electron chi connectivity index (χ1n) is 12.4. The Balaban J connectivity index is 1.42. The van der Waals surface area contributed by atoms with Crippen molar-refractivity contribution in [1.29, 1.82) is 0 Å². The Bertz CT molecular complexity index is 1610.